The van der Waals surface area contributed by atoms with Crippen LogP contribution in [-0.2, 0) is 5.54 Å². The molecule has 0 amide bonds. The predicted octanol–water partition coefficient (Wildman–Crippen LogP) is 5.34. The Hall–Kier alpha value is -3.68. The molecule has 146 valence electrons. The maximum absolute atomic E-state index is 13.5. The van der Waals surface area contributed by atoms with Crippen LogP contribution in [0.15, 0.2) is 82.0 Å². The van der Waals surface area contributed by atoms with Gasteiger partial charge in [-0.2, -0.15) is 5.26 Å². The topological polar surface area (TPSA) is 80.0 Å². The SMILES string of the molecule is N#Cc1ccc2oc(-c3ccccc3)c(-c3ccc(C4(N)CCC4)cc3)c(=O)c2c1. The molecule has 0 unspecified atom stereocenters. The number of hydrogen-bond donors (Lipinski definition) is 1. The molecule has 4 aromatic rings. The number of benzene rings is 3. The molecule has 0 radical (unpaired) electrons. The monoisotopic (exact) mass is 392 g/mol. The van der Waals surface area contributed by atoms with E-state index in [4.69, 9.17) is 10.2 Å². The van der Waals surface area contributed by atoms with Crippen LogP contribution < -0.4 is 11.2 Å². The zero-order chi connectivity index (χ0) is 20.7. The Bertz CT molecular complexity index is 1340. The summed E-state index contributed by atoms with van der Waals surface area (Å²) in [5, 5.41) is 9.65. The molecule has 1 aromatic heterocycles. The zero-order valence-corrected chi connectivity index (χ0v) is 16.4. The Labute approximate surface area is 174 Å². The summed E-state index contributed by atoms with van der Waals surface area (Å²) in [6.45, 7) is 0. The lowest BCUT2D eigenvalue weighted by molar-refractivity contribution is 0.253. The third-order valence-corrected chi connectivity index (χ3v) is 6.05. The third kappa shape index (κ3) is 2.92. The van der Waals surface area contributed by atoms with Crippen LogP contribution in [0, 0.1) is 11.3 Å². The van der Waals surface area contributed by atoms with Gasteiger partial charge in [0.15, 0.2) is 0 Å². The van der Waals surface area contributed by atoms with Gasteiger partial charge < -0.3 is 10.2 Å². The van der Waals surface area contributed by atoms with E-state index in [1.165, 1.54) is 0 Å². The molecule has 1 aliphatic rings. The van der Waals surface area contributed by atoms with Crippen LogP contribution in [0.1, 0.15) is 30.4 Å². The molecule has 30 heavy (non-hydrogen) atoms. The lowest BCUT2D eigenvalue weighted by atomic mass is 9.72. The van der Waals surface area contributed by atoms with Crippen LogP contribution in [0.5, 0.6) is 0 Å². The summed E-state index contributed by atoms with van der Waals surface area (Å²) in [6, 6.07) is 24.6. The highest BCUT2D eigenvalue weighted by molar-refractivity contribution is 5.89. The molecule has 4 heteroatoms. The molecular formula is C26H20N2O2. The standard InChI is InChI=1S/C26H20N2O2/c27-16-17-7-12-22-21(15-17)24(29)23(25(30-22)19-5-2-1-3-6-19)18-8-10-20(11-9-18)26(28)13-4-14-26/h1-3,5-12,15H,4,13-14,28H2. The highest BCUT2D eigenvalue weighted by atomic mass is 16.3. The Morgan fingerprint density at radius 3 is 2.30 bits per heavy atom. The molecule has 1 heterocycles. The van der Waals surface area contributed by atoms with Crippen molar-refractivity contribution in [3.05, 3.63) is 94.1 Å². The van der Waals surface area contributed by atoms with Crippen LogP contribution in [0.3, 0.4) is 0 Å². The molecular weight excluding hydrogens is 372 g/mol. The van der Waals surface area contributed by atoms with Gasteiger partial charge in [-0.25, -0.2) is 0 Å². The summed E-state index contributed by atoms with van der Waals surface area (Å²) < 4.78 is 6.21. The Balaban J connectivity index is 1.75. The number of rotatable bonds is 3. The van der Waals surface area contributed by atoms with Crippen molar-refractivity contribution in [1.29, 1.82) is 5.26 Å². The van der Waals surface area contributed by atoms with Gasteiger partial charge in [0.05, 0.1) is 22.6 Å². The maximum Gasteiger partial charge on any atom is 0.201 e. The fourth-order valence-electron chi connectivity index (χ4n) is 4.13. The summed E-state index contributed by atoms with van der Waals surface area (Å²) in [5.74, 6) is 0.525. The van der Waals surface area contributed by atoms with Gasteiger partial charge in [0.25, 0.3) is 0 Å². The lowest BCUT2D eigenvalue weighted by Crippen LogP contribution is -2.43. The number of fused-ring (bicyclic) bond motifs is 1. The fraction of sp³-hybridized carbons (Fsp3) is 0.154. The first-order valence-corrected chi connectivity index (χ1v) is 10.1. The number of nitrogens with two attached hydrogens (primary N) is 1. The molecule has 0 aliphatic heterocycles. The fourth-order valence-corrected chi connectivity index (χ4v) is 4.13. The van der Waals surface area contributed by atoms with Gasteiger partial charge in [0.2, 0.25) is 5.43 Å². The van der Waals surface area contributed by atoms with Crippen molar-refractivity contribution in [2.24, 2.45) is 5.73 Å². The van der Waals surface area contributed by atoms with E-state index in [0.29, 0.717) is 27.9 Å². The average molecular weight is 392 g/mol. The van der Waals surface area contributed by atoms with E-state index in [9.17, 15) is 10.1 Å². The zero-order valence-electron chi connectivity index (χ0n) is 16.4. The van der Waals surface area contributed by atoms with Crippen molar-refractivity contribution in [1.82, 2.24) is 0 Å². The van der Waals surface area contributed by atoms with Crippen molar-refractivity contribution in [2.45, 2.75) is 24.8 Å². The van der Waals surface area contributed by atoms with Crippen LogP contribution in [0.2, 0.25) is 0 Å². The molecule has 0 saturated heterocycles. The Kier molecular flexibility index (Phi) is 4.27. The molecule has 4 nitrogen and oxygen atoms in total. The van der Waals surface area contributed by atoms with Crippen molar-refractivity contribution >= 4 is 11.0 Å². The largest absolute Gasteiger partial charge is 0.455 e. The summed E-state index contributed by atoms with van der Waals surface area (Å²) in [5.41, 5.74) is 10.1. The first-order valence-electron chi connectivity index (χ1n) is 10.1. The molecule has 0 bridgehead atoms. The third-order valence-electron chi connectivity index (χ3n) is 6.05. The quantitative estimate of drug-likeness (QED) is 0.510. The normalized spacial score (nSPS) is 14.8. The van der Waals surface area contributed by atoms with Crippen molar-refractivity contribution in [3.8, 4) is 28.5 Å². The van der Waals surface area contributed by atoms with Gasteiger partial charge in [-0.15, -0.1) is 0 Å². The second-order valence-corrected chi connectivity index (χ2v) is 7.91. The van der Waals surface area contributed by atoms with E-state index in [2.05, 4.69) is 6.07 Å². The molecule has 1 saturated carbocycles. The number of hydrogen-bond acceptors (Lipinski definition) is 4. The molecule has 3 aromatic carbocycles. The summed E-state index contributed by atoms with van der Waals surface area (Å²) in [6.07, 6.45) is 3.11. The molecule has 1 aliphatic carbocycles. The Morgan fingerprint density at radius 2 is 1.67 bits per heavy atom. The predicted molar refractivity (Wildman–Crippen MR) is 118 cm³/mol. The van der Waals surface area contributed by atoms with Crippen molar-refractivity contribution in [2.75, 3.05) is 0 Å². The summed E-state index contributed by atoms with van der Waals surface area (Å²) >= 11 is 0. The Morgan fingerprint density at radius 1 is 0.933 bits per heavy atom. The highest BCUT2D eigenvalue weighted by Gasteiger charge is 2.34. The molecule has 1 fully saturated rings. The van der Waals surface area contributed by atoms with Gasteiger partial charge in [-0.3, -0.25) is 4.79 Å². The van der Waals surface area contributed by atoms with Crippen molar-refractivity contribution in [3.63, 3.8) is 0 Å². The summed E-state index contributed by atoms with van der Waals surface area (Å²) in [7, 11) is 0. The van der Waals surface area contributed by atoms with E-state index in [1.54, 1.807) is 18.2 Å². The van der Waals surface area contributed by atoms with E-state index < -0.39 is 0 Å². The molecule has 0 atom stereocenters. The second kappa shape index (κ2) is 6.98. The average Bonchev–Trinajstić information content (AvgIpc) is 2.78. The van der Waals surface area contributed by atoms with Gasteiger partial charge in [0, 0.05) is 11.1 Å². The number of nitriles is 1. The lowest BCUT2D eigenvalue weighted by Gasteiger charge is -2.38. The maximum atomic E-state index is 13.5. The minimum atomic E-state index is -0.253. The van der Waals surface area contributed by atoms with Gasteiger partial charge in [-0.05, 0) is 48.6 Å². The minimum absolute atomic E-state index is 0.147. The van der Waals surface area contributed by atoms with E-state index in [0.717, 1.165) is 36.0 Å². The highest BCUT2D eigenvalue weighted by Crippen LogP contribution is 2.40. The van der Waals surface area contributed by atoms with Crippen LogP contribution in [0.25, 0.3) is 33.4 Å². The van der Waals surface area contributed by atoms with Gasteiger partial charge in [0.1, 0.15) is 11.3 Å². The first kappa shape index (κ1) is 18.4. The van der Waals surface area contributed by atoms with E-state index in [1.807, 2.05) is 54.6 Å². The minimum Gasteiger partial charge on any atom is -0.455 e. The molecule has 5 rings (SSSR count). The van der Waals surface area contributed by atoms with Crippen molar-refractivity contribution < 1.29 is 4.42 Å². The molecule has 2 N–H and O–H groups in total. The van der Waals surface area contributed by atoms with Gasteiger partial charge >= 0.3 is 0 Å². The van der Waals surface area contributed by atoms with E-state index >= 15 is 0 Å². The van der Waals surface area contributed by atoms with Crippen LogP contribution in [-0.4, -0.2) is 0 Å². The first-order chi connectivity index (χ1) is 14.6. The summed E-state index contributed by atoms with van der Waals surface area (Å²) in [4.78, 5) is 13.5. The van der Waals surface area contributed by atoms with Gasteiger partial charge in [-0.1, -0.05) is 54.6 Å². The second-order valence-electron chi connectivity index (χ2n) is 7.91. The number of nitrogens with zero attached hydrogens (tertiary/aromatic N) is 1. The van der Waals surface area contributed by atoms with Crippen LogP contribution in [0.4, 0.5) is 0 Å². The van der Waals surface area contributed by atoms with Crippen LogP contribution >= 0.6 is 0 Å². The van der Waals surface area contributed by atoms with E-state index in [-0.39, 0.29) is 11.0 Å². The smallest absolute Gasteiger partial charge is 0.201 e. The molecule has 0 spiro atoms.